The maximum Gasteiger partial charge on any atom is 0.255 e. The number of halogens is 1. The predicted octanol–water partition coefficient (Wildman–Crippen LogP) is 3.65. The van der Waals surface area contributed by atoms with Crippen molar-refractivity contribution in [2.75, 3.05) is 26.6 Å². The van der Waals surface area contributed by atoms with Crippen LogP contribution in [0.1, 0.15) is 10.4 Å². The molecule has 0 radical (unpaired) electrons. The van der Waals surface area contributed by atoms with Gasteiger partial charge in [0, 0.05) is 17.1 Å². The number of hydrogen-bond donors (Lipinski definition) is 1. The average Bonchev–Trinajstić information content (AvgIpc) is 2.67. The van der Waals surface area contributed by atoms with E-state index < -0.39 is 11.7 Å². The SMILES string of the molecule is COc1cc(C(=O)Nc2ccnc3ccc(F)cc23)cc(OC)c1OC. The van der Waals surface area contributed by atoms with Crippen molar-refractivity contribution in [3.05, 3.63) is 54.0 Å². The van der Waals surface area contributed by atoms with Gasteiger partial charge in [-0.25, -0.2) is 4.39 Å². The average molecular weight is 356 g/mol. The van der Waals surface area contributed by atoms with Gasteiger partial charge in [0.25, 0.3) is 5.91 Å². The highest BCUT2D eigenvalue weighted by atomic mass is 19.1. The summed E-state index contributed by atoms with van der Waals surface area (Å²) < 4.78 is 29.3. The number of carbonyl (C=O) groups is 1. The summed E-state index contributed by atoms with van der Waals surface area (Å²) in [6.07, 6.45) is 1.55. The van der Waals surface area contributed by atoms with E-state index in [1.54, 1.807) is 30.5 Å². The van der Waals surface area contributed by atoms with Crippen molar-refractivity contribution in [3.63, 3.8) is 0 Å². The summed E-state index contributed by atoms with van der Waals surface area (Å²) in [5, 5.41) is 3.28. The van der Waals surface area contributed by atoms with Crippen molar-refractivity contribution in [1.29, 1.82) is 0 Å². The molecule has 0 fully saturated rings. The fourth-order valence-corrected chi connectivity index (χ4v) is 2.63. The van der Waals surface area contributed by atoms with Crippen LogP contribution in [0.15, 0.2) is 42.6 Å². The second-order valence-electron chi connectivity index (χ2n) is 5.39. The number of anilines is 1. The number of aromatic nitrogens is 1. The summed E-state index contributed by atoms with van der Waals surface area (Å²) in [5.41, 5.74) is 1.34. The first kappa shape index (κ1) is 17.5. The van der Waals surface area contributed by atoms with Crippen LogP contribution in [0.4, 0.5) is 10.1 Å². The zero-order chi connectivity index (χ0) is 18.7. The molecular formula is C19H17FN2O4. The van der Waals surface area contributed by atoms with Crippen LogP contribution in [0.25, 0.3) is 10.9 Å². The number of methoxy groups -OCH3 is 3. The monoisotopic (exact) mass is 356 g/mol. The topological polar surface area (TPSA) is 69.7 Å². The molecule has 7 heteroatoms. The van der Waals surface area contributed by atoms with E-state index in [-0.39, 0.29) is 0 Å². The molecule has 3 aromatic rings. The lowest BCUT2D eigenvalue weighted by Gasteiger charge is -2.14. The van der Waals surface area contributed by atoms with Crippen LogP contribution < -0.4 is 19.5 Å². The van der Waals surface area contributed by atoms with Crippen LogP contribution in [0.2, 0.25) is 0 Å². The van der Waals surface area contributed by atoms with Gasteiger partial charge in [0.15, 0.2) is 11.5 Å². The molecule has 0 bridgehead atoms. The molecule has 0 aliphatic heterocycles. The summed E-state index contributed by atoms with van der Waals surface area (Å²) in [7, 11) is 4.42. The van der Waals surface area contributed by atoms with E-state index >= 15 is 0 Å². The molecule has 26 heavy (non-hydrogen) atoms. The Hall–Kier alpha value is -3.35. The first-order valence-corrected chi connectivity index (χ1v) is 7.73. The number of benzene rings is 2. The van der Waals surface area contributed by atoms with Gasteiger partial charge in [-0.3, -0.25) is 9.78 Å². The normalized spacial score (nSPS) is 10.5. The van der Waals surface area contributed by atoms with E-state index in [0.29, 0.717) is 39.4 Å². The first-order valence-electron chi connectivity index (χ1n) is 7.73. The molecule has 0 aliphatic carbocycles. The van der Waals surface area contributed by atoms with Crippen LogP contribution in [0, 0.1) is 5.82 Å². The third-order valence-corrected chi connectivity index (χ3v) is 3.88. The van der Waals surface area contributed by atoms with Gasteiger partial charge in [0.2, 0.25) is 5.75 Å². The zero-order valence-electron chi connectivity index (χ0n) is 14.5. The molecular weight excluding hydrogens is 339 g/mol. The molecule has 0 spiro atoms. The minimum absolute atomic E-state index is 0.306. The number of rotatable bonds is 5. The molecule has 134 valence electrons. The smallest absolute Gasteiger partial charge is 0.255 e. The molecule has 1 amide bonds. The van der Waals surface area contributed by atoms with Gasteiger partial charge in [0.05, 0.1) is 32.5 Å². The number of carbonyl (C=O) groups excluding carboxylic acids is 1. The van der Waals surface area contributed by atoms with Gasteiger partial charge in [-0.15, -0.1) is 0 Å². The number of nitrogens with one attached hydrogen (secondary N) is 1. The molecule has 0 unspecified atom stereocenters. The number of ether oxygens (including phenoxy) is 3. The van der Waals surface area contributed by atoms with Crippen molar-refractivity contribution in [2.24, 2.45) is 0 Å². The van der Waals surface area contributed by atoms with Gasteiger partial charge in [0.1, 0.15) is 5.82 Å². The van der Waals surface area contributed by atoms with Crippen molar-refractivity contribution in [3.8, 4) is 17.2 Å². The quantitative estimate of drug-likeness (QED) is 0.756. The van der Waals surface area contributed by atoms with Crippen LogP contribution >= 0.6 is 0 Å². The Morgan fingerprint density at radius 3 is 2.31 bits per heavy atom. The summed E-state index contributed by atoms with van der Waals surface area (Å²) >= 11 is 0. The Labute approximate surface area is 149 Å². The Bertz CT molecular complexity index is 950. The van der Waals surface area contributed by atoms with E-state index in [1.165, 1.54) is 33.5 Å². The van der Waals surface area contributed by atoms with Crippen molar-refractivity contribution in [1.82, 2.24) is 4.98 Å². The number of nitrogens with zero attached hydrogens (tertiary/aromatic N) is 1. The lowest BCUT2D eigenvalue weighted by Crippen LogP contribution is -2.13. The van der Waals surface area contributed by atoms with E-state index in [0.717, 1.165) is 0 Å². The molecule has 2 aromatic carbocycles. The summed E-state index contributed by atoms with van der Waals surface area (Å²) in [6, 6.07) is 8.89. The Morgan fingerprint density at radius 1 is 1.00 bits per heavy atom. The molecule has 0 atom stereocenters. The highest BCUT2D eigenvalue weighted by Gasteiger charge is 2.17. The number of hydrogen-bond acceptors (Lipinski definition) is 5. The highest BCUT2D eigenvalue weighted by Crippen LogP contribution is 2.38. The molecule has 1 N–H and O–H groups in total. The third-order valence-electron chi connectivity index (χ3n) is 3.88. The van der Waals surface area contributed by atoms with Crippen LogP contribution in [0.3, 0.4) is 0 Å². The maximum absolute atomic E-state index is 13.6. The maximum atomic E-state index is 13.6. The van der Waals surface area contributed by atoms with Crippen molar-refractivity contribution >= 4 is 22.5 Å². The highest BCUT2D eigenvalue weighted by molar-refractivity contribution is 6.09. The third kappa shape index (κ3) is 3.23. The van der Waals surface area contributed by atoms with Gasteiger partial charge < -0.3 is 19.5 Å². The second-order valence-corrected chi connectivity index (χ2v) is 5.39. The Balaban J connectivity index is 2.00. The van der Waals surface area contributed by atoms with Gasteiger partial charge in [-0.05, 0) is 36.4 Å². The Kier molecular flexibility index (Phi) is 4.88. The van der Waals surface area contributed by atoms with Gasteiger partial charge >= 0.3 is 0 Å². The summed E-state index contributed by atoms with van der Waals surface area (Å²) in [4.78, 5) is 16.9. The zero-order valence-corrected chi connectivity index (χ0v) is 14.5. The minimum Gasteiger partial charge on any atom is -0.493 e. The molecule has 3 rings (SSSR count). The van der Waals surface area contributed by atoms with E-state index in [9.17, 15) is 9.18 Å². The standard InChI is InChI=1S/C19H17FN2O4/c1-24-16-8-11(9-17(25-2)18(16)26-3)19(23)22-15-6-7-21-14-5-4-12(20)10-13(14)15/h4-10H,1-3H3,(H,21,22,23). The summed E-state index contributed by atoms with van der Waals surface area (Å²) in [5.74, 6) is 0.308. The number of amides is 1. The van der Waals surface area contributed by atoms with Gasteiger partial charge in [-0.2, -0.15) is 0 Å². The van der Waals surface area contributed by atoms with E-state index in [1.807, 2.05) is 0 Å². The fourth-order valence-electron chi connectivity index (χ4n) is 2.63. The fraction of sp³-hybridized carbons (Fsp3) is 0.158. The van der Waals surface area contributed by atoms with E-state index in [4.69, 9.17) is 14.2 Å². The number of pyridine rings is 1. The van der Waals surface area contributed by atoms with Crippen LogP contribution in [-0.4, -0.2) is 32.2 Å². The molecule has 0 aliphatic rings. The molecule has 1 aromatic heterocycles. The van der Waals surface area contributed by atoms with Crippen molar-refractivity contribution < 1.29 is 23.4 Å². The van der Waals surface area contributed by atoms with Gasteiger partial charge in [-0.1, -0.05) is 0 Å². The minimum atomic E-state index is -0.409. The molecule has 0 saturated heterocycles. The predicted molar refractivity (Wildman–Crippen MR) is 95.8 cm³/mol. The lowest BCUT2D eigenvalue weighted by atomic mass is 10.1. The second kappa shape index (κ2) is 7.26. The molecule has 1 heterocycles. The molecule has 0 saturated carbocycles. The van der Waals surface area contributed by atoms with Crippen LogP contribution in [0.5, 0.6) is 17.2 Å². The largest absolute Gasteiger partial charge is 0.493 e. The number of fused-ring (bicyclic) bond motifs is 1. The summed E-state index contributed by atoms with van der Waals surface area (Å²) in [6.45, 7) is 0. The molecule has 6 nitrogen and oxygen atoms in total. The Morgan fingerprint density at radius 2 is 1.69 bits per heavy atom. The van der Waals surface area contributed by atoms with Crippen molar-refractivity contribution in [2.45, 2.75) is 0 Å². The van der Waals surface area contributed by atoms with Crippen LogP contribution in [-0.2, 0) is 0 Å². The van der Waals surface area contributed by atoms with E-state index in [2.05, 4.69) is 10.3 Å². The lowest BCUT2D eigenvalue weighted by molar-refractivity contribution is 0.102. The first-order chi connectivity index (χ1) is 12.6.